The molecule has 2 atom stereocenters. The van der Waals surface area contributed by atoms with Crippen molar-refractivity contribution in [3.05, 3.63) is 101 Å². The van der Waals surface area contributed by atoms with Crippen LogP contribution in [0.15, 0.2) is 72.9 Å². The zero-order chi connectivity index (χ0) is 24.4. The van der Waals surface area contributed by atoms with Crippen LogP contribution in [0.1, 0.15) is 47.7 Å². The average molecular weight is 474 g/mol. The molecular weight excluding hydrogens is 441 g/mol. The summed E-state index contributed by atoms with van der Waals surface area (Å²) in [6.45, 7) is 4.76. The lowest BCUT2D eigenvalue weighted by Gasteiger charge is -2.51. The largest absolute Gasteiger partial charge is 0.391 e. The van der Waals surface area contributed by atoms with Gasteiger partial charge in [0.05, 0.1) is 23.3 Å². The molecule has 5 nitrogen and oxygen atoms in total. The molecule has 182 valence electrons. The fourth-order valence-electron chi connectivity index (χ4n) is 5.70. The third-order valence-corrected chi connectivity index (χ3v) is 7.73. The number of aliphatic hydroxyl groups is 1. The van der Waals surface area contributed by atoms with E-state index in [2.05, 4.69) is 22.9 Å². The van der Waals surface area contributed by atoms with Crippen molar-refractivity contribution in [2.45, 2.75) is 51.4 Å². The third kappa shape index (κ3) is 4.86. The van der Waals surface area contributed by atoms with Crippen LogP contribution in [0.25, 0.3) is 0 Å². The van der Waals surface area contributed by atoms with Crippen molar-refractivity contribution >= 4 is 5.91 Å². The van der Waals surface area contributed by atoms with Gasteiger partial charge in [0.2, 0.25) is 5.91 Å². The lowest BCUT2D eigenvalue weighted by Crippen LogP contribution is -2.58. The average Bonchev–Trinajstić information content (AvgIpc) is 2.87. The second-order valence-electron chi connectivity index (χ2n) is 10.0. The van der Waals surface area contributed by atoms with Crippen LogP contribution in [0, 0.1) is 18.2 Å². The molecule has 1 N–H and O–H groups in total. The molecule has 2 aliphatic heterocycles. The first kappa shape index (κ1) is 23.6. The lowest BCUT2D eigenvalue weighted by atomic mass is 9.68. The van der Waals surface area contributed by atoms with Crippen molar-refractivity contribution in [2.24, 2.45) is 5.41 Å². The Hall–Kier alpha value is -3.09. The maximum absolute atomic E-state index is 14.1. The van der Waals surface area contributed by atoms with Gasteiger partial charge >= 0.3 is 0 Å². The number of hydrogen-bond donors (Lipinski definition) is 1. The Morgan fingerprint density at radius 2 is 1.71 bits per heavy atom. The number of carbonyl (C=O) groups is 1. The molecule has 35 heavy (non-hydrogen) atoms. The summed E-state index contributed by atoms with van der Waals surface area (Å²) in [5, 5.41) is 11.4. The Bertz CT molecular complexity index is 1160. The summed E-state index contributed by atoms with van der Waals surface area (Å²) in [5.41, 5.74) is 3.44. The number of pyridine rings is 1. The minimum absolute atomic E-state index is 0.0923. The lowest BCUT2D eigenvalue weighted by molar-refractivity contribution is -0.165. The first-order valence-electron chi connectivity index (χ1n) is 12.4. The first-order chi connectivity index (χ1) is 16.9. The Kier molecular flexibility index (Phi) is 6.67. The molecule has 3 heterocycles. The van der Waals surface area contributed by atoms with Gasteiger partial charge in [-0.3, -0.25) is 14.7 Å². The Morgan fingerprint density at radius 1 is 1.00 bits per heavy atom. The second-order valence-corrected chi connectivity index (χ2v) is 10.0. The quantitative estimate of drug-likeness (QED) is 0.586. The fraction of sp³-hybridized carbons (Fsp3) is 0.379. The van der Waals surface area contributed by atoms with Crippen molar-refractivity contribution in [3.8, 4) is 0 Å². The van der Waals surface area contributed by atoms with Gasteiger partial charge in [-0.2, -0.15) is 0 Å². The number of nitrogens with zero attached hydrogens (tertiary/aromatic N) is 3. The predicted molar refractivity (Wildman–Crippen MR) is 133 cm³/mol. The Morgan fingerprint density at radius 3 is 2.40 bits per heavy atom. The van der Waals surface area contributed by atoms with Crippen LogP contribution in [0.4, 0.5) is 4.39 Å². The molecule has 5 rings (SSSR count). The molecule has 0 saturated carbocycles. The van der Waals surface area contributed by atoms with Gasteiger partial charge in [0.25, 0.3) is 0 Å². The minimum atomic E-state index is -0.667. The van der Waals surface area contributed by atoms with Crippen molar-refractivity contribution in [1.29, 1.82) is 0 Å². The van der Waals surface area contributed by atoms with Gasteiger partial charge < -0.3 is 10.0 Å². The standard InChI is InChI=1S/C29H32FN3O2/c1-21-6-5-15-31-25(21)20-32-16-13-29(14-17-32)18-26(34)27(23-7-3-2-4-8-23)33(28(29)35)19-22-9-11-24(30)12-10-22/h2-12,15,26-27,34H,13-14,16-20H2,1H3/t26-,27+/m1/s1. The number of carbonyl (C=O) groups excluding carboxylic acids is 1. The monoisotopic (exact) mass is 473 g/mol. The molecule has 3 aromatic rings. The van der Waals surface area contributed by atoms with Crippen LogP contribution in [0.5, 0.6) is 0 Å². The number of piperidine rings is 2. The SMILES string of the molecule is Cc1cccnc1CN1CCC2(CC1)C[C@@H](O)[C@H](c1ccccc1)N(Cc1ccc(F)cc1)C2=O. The number of benzene rings is 2. The van der Waals surface area contributed by atoms with Gasteiger partial charge in [0.15, 0.2) is 0 Å². The fourth-order valence-corrected chi connectivity index (χ4v) is 5.70. The summed E-state index contributed by atoms with van der Waals surface area (Å²) >= 11 is 0. The van der Waals surface area contributed by atoms with E-state index in [-0.39, 0.29) is 11.7 Å². The van der Waals surface area contributed by atoms with E-state index < -0.39 is 17.6 Å². The van der Waals surface area contributed by atoms with Gasteiger partial charge in [-0.25, -0.2) is 4.39 Å². The van der Waals surface area contributed by atoms with Crippen molar-refractivity contribution in [1.82, 2.24) is 14.8 Å². The van der Waals surface area contributed by atoms with Gasteiger partial charge in [-0.15, -0.1) is 0 Å². The van der Waals surface area contributed by atoms with Crippen LogP contribution in [0.2, 0.25) is 0 Å². The van der Waals surface area contributed by atoms with Crippen molar-refractivity contribution in [2.75, 3.05) is 13.1 Å². The number of aromatic nitrogens is 1. The van der Waals surface area contributed by atoms with Gasteiger partial charge in [-0.1, -0.05) is 48.5 Å². The zero-order valence-electron chi connectivity index (χ0n) is 20.1. The summed E-state index contributed by atoms with van der Waals surface area (Å²) < 4.78 is 13.5. The van der Waals surface area contributed by atoms with E-state index in [1.807, 2.05) is 47.5 Å². The maximum atomic E-state index is 14.1. The number of amides is 1. The van der Waals surface area contributed by atoms with E-state index in [1.54, 1.807) is 12.1 Å². The second kappa shape index (κ2) is 9.88. The molecule has 2 fully saturated rings. The molecule has 2 aliphatic rings. The molecule has 0 aliphatic carbocycles. The van der Waals surface area contributed by atoms with Gasteiger partial charge in [0.1, 0.15) is 5.82 Å². The molecule has 2 saturated heterocycles. The third-order valence-electron chi connectivity index (χ3n) is 7.73. The molecule has 6 heteroatoms. The summed E-state index contributed by atoms with van der Waals surface area (Å²) in [6, 6.07) is 19.6. The topological polar surface area (TPSA) is 56.7 Å². The molecular formula is C29H32FN3O2. The number of rotatable bonds is 5. The number of aryl methyl sites for hydroxylation is 1. The highest BCUT2D eigenvalue weighted by molar-refractivity contribution is 5.84. The summed E-state index contributed by atoms with van der Waals surface area (Å²) in [6.07, 6.45) is 3.03. The van der Waals surface area contributed by atoms with E-state index >= 15 is 0 Å². The highest BCUT2D eigenvalue weighted by Gasteiger charge is 2.52. The molecule has 2 aromatic carbocycles. The van der Waals surface area contributed by atoms with Crippen LogP contribution in [-0.4, -0.2) is 45.0 Å². The van der Waals surface area contributed by atoms with Crippen LogP contribution < -0.4 is 0 Å². The number of hydrogen-bond acceptors (Lipinski definition) is 4. The summed E-state index contributed by atoms with van der Waals surface area (Å²) in [7, 11) is 0. The molecule has 0 unspecified atom stereocenters. The van der Waals surface area contributed by atoms with Crippen molar-refractivity contribution in [3.63, 3.8) is 0 Å². The highest BCUT2D eigenvalue weighted by Crippen LogP contribution is 2.47. The molecule has 0 radical (unpaired) electrons. The van der Waals surface area contributed by atoms with Gasteiger partial charge in [0, 0.05) is 19.3 Å². The van der Waals surface area contributed by atoms with Crippen LogP contribution in [0.3, 0.4) is 0 Å². The molecule has 0 bridgehead atoms. The highest BCUT2D eigenvalue weighted by atomic mass is 19.1. The Balaban J connectivity index is 1.38. The van der Waals surface area contributed by atoms with Crippen molar-refractivity contribution < 1.29 is 14.3 Å². The summed E-state index contributed by atoms with van der Waals surface area (Å²) in [4.78, 5) is 22.8. The normalized spacial score (nSPS) is 22.5. The van der Waals surface area contributed by atoms with Gasteiger partial charge in [-0.05, 0) is 74.2 Å². The predicted octanol–water partition coefficient (Wildman–Crippen LogP) is 4.65. The van der Waals surface area contributed by atoms with E-state index in [1.165, 1.54) is 17.7 Å². The first-order valence-corrected chi connectivity index (χ1v) is 12.4. The van der Waals surface area contributed by atoms with Crippen LogP contribution >= 0.6 is 0 Å². The molecule has 1 spiro atoms. The van der Waals surface area contributed by atoms with E-state index in [0.29, 0.717) is 25.8 Å². The van der Waals surface area contributed by atoms with E-state index in [0.717, 1.165) is 36.5 Å². The van der Waals surface area contributed by atoms with E-state index in [4.69, 9.17) is 0 Å². The van der Waals surface area contributed by atoms with E-state index in [9.17, 15) is 14.3 Å². The number of likely N-dealkylation sites (tertiary alicyclic amines) is 2. The zero-order valence-corrected chi connectivity index (χ0v) is 20.1. The number of halogens is 1. The van der Waals surface area contributed by atoms with Crippen LogP contribution in [-0.2, 0) is 17.9 Å². The molecule has 1 aromatic heterocycles. The minimum Gasteiger partial charge on any atom is -0.391 e. The Labute approximate surface area is 206 Å². The molecule has 1 amide bonds. The summed E-state index contributed by atoms with van der Waals surface area (Å²) in [5.74, 6) is -0.208. The number of aliphatic hydroxyl groups excluding tert-OH is 1. The maximum Gasteiger partial charge on any atom is 0.229 e. The smallest absolute Gasteiger partial charge is 0.229 e.